The minimum atomic E-state index is -1.16. The summed E-state index contributed by atoms with van der Waals surface area (Å²) in [5, 5.41) is 20.0. The van der Waals surface area contributed by atoms with Crippen LogP contribution in [0.1, 0.15) is 47.2 Å². The Morgan fingerprint density at radius 2 is 1.85 bits per heavy atom. The Balaban J connectivity index is 1.59. The van der Waals surface area contributed by atoms with Gasteiger partial charge >= 0.3 is 5.97 Å². The van der Waals surface area contributed by atoms with E-state index < -0.39 is 5.97 Å². The van der Waals surface area contributed by atoms with Gasteiger partial charge in [-0.15, -0.1) is 5.10 Å². The van der Waals surface area contributed by atoms with Crippen molar-refractivity contribution in [3.8, 4) is 16.9 Å². The lowest BCUT2D eigenvalue weighted by molar-refractivity contribution is 0.0696. The van der Waals surface area contributed by atoms with E-state index >= 15 is 0 Å². The van der Waals surface area contributed by atoms with Crippen LogP contribution < -0.4 is 4.90 Å². The zero-order chi connectivity index (χ0) is 27.8. The number of carboxylic acids is 1. The van der Waals surface area contributed by atoms with Gasteiger partial charge in [-0.3, -0.25) is 9.69 Å². The molecule has 5 rings (SSSR count). The molecule has 3 aromatic heterocycles. The summed E-state index contributed by atoms with van der Waals surface area (Å²) in [6.07, 6.45) is 3.93. The van der Waals surface area contributed by atoms with Gasteiger partial charge in [-0.2, -0.15) is 5.10 Å². The number of carboxylic acid groups (broad SMARTS) is 1. The molecule has 1 N–H and O–H groups in total. The highest BCUT2D eigenvalue weighted by atomic mass is 79.9. The Kier molecular flexibility index (Phi) is 7.24. The number of aromatic nitrogens is 5. The monoisotopic (exact) mass is 606 g/mol. The van der Waals surface area contributed by atoms with Gasteiger partial charge < -0.3 is 5.11 Å². The van der Waals surface area contributed by atoms with Crippen molar-refractivity contribution in [1.82, 2.24) is 24.4 Å². The summed E-state index contributed by atoms with van der Waals surface area (Å²) in [5.74, 6) is -1.47. The maximum atomic E-state index is 13.7. The number of aromatic carboxylic acids is 1. The fraction of sp³-hybridized carbons (Fsp3) is 0.179. The van der Waals surface area contributed by atoms with Crippen LogP contribution in [-0.4, -0.2) is 47.4 Å². The van der Waals surface area contributed by atoms with Crippen LogP contribution in [0.2, 0.25) is 5.02 Å². The first-order valence-electron chi connectivity index (χ1n) is 12.2. The smallest absolute Gasteiger partial charge is 0.341 e. The molecule has 0 fully saturated rings. The van der Waals surface area contributed by atoms with Crippen LogP contribution in [0.5, 0.6) is 0 Å². The molecule has 0 spiro atoms. The van der Waals surface area contributed by atoms with Gasteiger partial charge in [0.05, 0.1) is 22.6 Å². The second-order valence-corrected chi connectivity index (χ2v) is 10.4. The Bertz CT molecular complexity index is 1680. The average molecular weight is 608 g/mol. The van der Waals surface area contributed by atoms with E-state index in [2.05, 4.69) is 26.0 Å². The number of hydrogen-bond acceptors (Lipinski definition) is 5. The van der Waals surface area contributed by atoms with Gasteiger partial charge in [0.2, 0.25) is 0 Å². The lowest BCUT2D eigenvalue weighted by atomic mass is 10.1. The third kappa shape index (κ3) is 4.93. The lowest BCUT2D eigenvalue weighted by Gasteiger charge is -2.25. The van der Waals surface area contributed by atoms with Gasteiger partial charge in [0, 0.05) is 39.6 Å². The fourth-order valence-electron chi connectivity index (χ4n) is 4.48. The molecule has 1 amide bonds. The van der Waals surface area contributed by atoms with E-state index in [1.165, 1.54) is 4.90 Å². The van der Waals surface area contributed by atoms with Crippen molar-refractivity contribution in [3.63, 3.8) is 0 Å². The van der Waals surface area contributed by atoms with Crippen molar-refractivity contribution < 1.29 is 14.7 Å². The summed E-state index contributed by atoms with van der Waals surface area (Å²) >= 11 is 9.48. The second-order valence-electron chi connectivity index (χ2n) is 9.11. The first-order chi connectivity index (χ1) is 18.7. The molecule has 2 aromatic carbocycles. The quantitative estimate of drug-likeness (QED) is 0.232. The minimum Gasteiger partial charge on any atom is -0.477 e. The molecular formula is C28H24BrClN6O3. The topological polar surface area (TPSA) is 106 Å². The second kappa shape index (κ2) is 10.6. The number of fused-ring (bicyclic) bond motifs is 1. The number of nitrogens with zero attached hydrogens (tertiary/aromatic N) is 6. The van der Waals surface area contributed by atoms with E-state index in [9.17, 15) is 14.7 Å². The van der Waals surface area contributed by atoms with Crippen LogP contribution in [0.4, 0.5) is 5.82 Å². The first kappa shape index (κ1) is 26.6. The van der Waals surface area contributed by atoms with Crippen molar-refractivity contribution in [1.29, 1.82) is 0 Å². The SMILES string of the molecule is CCc1c(C(=O)O)c(N(C(=O)c2ccc(Cl)cc2Br)C(C)C)nn1-c1ccc(-c2cc3ncccn3n2)cc1. The number of carbonyl (C=O) groups excluding carboxylic acids is 1. The normalized spacial score (nSPS) is 11.3. The minimum absolute atomic E-state index is 0.0138. The third-order valence-electron chi connectivity index (χ3n) is 6.28. The Morgan fingerprint density at radius 1 is 1.10 bits per heavy atom. The zero-order valence-electron chi connectivity index (χ0n) is 21.3. The summed E-state index contributed by atoms with van der Waals surface area (Å²) in [7, 11) is 0. The van der Waals surface area contributed by atoms with Crippen molar-refractivity contribution in [2.75, 3.05) is 4.90 Å². The number of halogens is 2. The van der Waals surface area contributed by atoms with Crippen LogP contribution in [0, 0.1) is 0 Å². The first-order valence-corrected chi connectivity index (χ1v) is 13.4. The van der Waals surface area contributed by atoms with Crippen LogP contribution in [-0.2, 0) is 6.42 Å². The predicted octanol–water partition coefficient (Wildman–Crippen LogP) is 6.31. The molecule has 0 aliphatic rings. The van der Waals surface area contributed by atoms with E-state index in [-0.39, 0.29) is 23.3 Å². The number of amides is 1. The molecular weight excluding hydrogens is 584 g/mol. The number of hydrogen-bond donors (Lipinski definition) is 1. The van der Waals surface area contributed by atoms with Crippen LogP contribution in [0.15, 0.2) is 71.5 Å². The molecule has 5 aromatic rings. The average Bonchev–Trinajstić information content (AvgIpc) is 3.50. The molecule has 0 aliphatic heterocycles. The molecule has 0 unspecified atom stereocenters. The predicted molar refractivity (Wildman–Crippen MR) is 153 cm³/mol. The van der Waals surface area contributed by atoms with Crippen molar-refractivity contribution in [2.45, 2.75) is 33.2 Å². The van der Waals surface area contributed by atoms with E-state index in [1.807, 2.05) is 63.4 Å². The van der Waals surface area contributed by atoms with Crippen molar-refractivity contribution in [2.24, 2.45) is 0 Å². The van der Waals surface area contributed by atoms with E-state index in [0.29, 0.717) is 32.9 Å². The highest BCUT2D eigenvalue weighted by molar-refractivity contribution is 9.10. The molecule has 0 radical (unpaired) electrons. The number of anilines is 1. The molecule has 3 heterocycles. The van der Waals surface area contributed by atoms with Crippen molar-refractivity contribution >= 4 is 50.9 Å². The summed E-state index contributed by atoms with van der Waals surface area (Å²) < 4.78 is 3.80. The van der Waals surface area contributed by atoms with Gasteiger partial charge in [0.15, 0.2) is 11.5 Å². The lowest BCUT2D eigenvalue weighted by Crippen LogP contribution is -2.38. The van der Waals surface area contributed by atoms with Gasteiger partial charge in [-0.05, 0) is 72.6 Å². The summed E-state index contributed by atoms with van der Waals surface area (Å²) in [5.41, 5.74) is 3.85. The molecule has 0 atom stereocenters. The van der Waals surface area contributed by atoms with Gasteiger partial charge in [-0.1, -0.05) is 30.7 Å². The summed E-state index contributed by atoms with van der Waals surface area (Å²) in [6.45, 7) is 5.49. The van der Waals surface area contributed by atoms with E-state index in [1.54, 1.807) is 33.6 Å². The summed E-state index contributed by atoms with van der Waals surface area (Å²) in [6, 6.07) is 15.7. The molecule has 0 aliphatic carbocycles. The van der Waals surface area contributed by atoms with Crippen LogP contribution in [0.3, 0.4) is 0 Å². The molecule has 0 bridgehead atoms. The molecule has 0 saturated heterocycles. The Hall–Kier alpha value is -4.02. The third-order valence-corrected chi connectivity index (χ3v) is 7.17. The van der Waals surface area contributed by atoms with Gasteiger partial charge in [0.25, 0.3) is 5.91 Å². The van der Waals surface area contributed by atoms with Crippen LogP contribution in [0.25, 0.3) is 22.6 Å². The molecule has 198 valence electrons. The number of benzene rings is 2. The largest absolute Gasteiger partial charge is 0.477 e. The number of carbonyl (C=O) groups is 2. The number of rotatable bonds is 7. The summed E-state index contributed by atoms with van der Waals surface area (Å²) in [4.78, 5) is 32.0. The highest BCUT2D eigenvalue weighted by Gasteiger charge is 2.33. The van der Waals surface area contributed by atoms with E-state index in [4.69, 9.17) is 16.7 Å². The maximum absolute atomic E-state index is 13.7. The van der Waals surface area contributed by atoms with Gasteiger partial charge in [0.1, 0.15) is 5.56 Å². The zero-order valence-corrected chi connectivity index (χ0v) is 23.7. The highest BCUT2D eigenvalue weighted by Crippen LogP contribution is 2.32. The Labute approximate surface area is 237 Å². The van der Waals surface area contributed by atoms with Gasteiger partial charge in [-0.25, -0.2) is 19.0 Å². The van der Waals surface area contributed by atoms with E-state index in [0.717, 1.165) is 16.9 Å². The molecule has 11 heteroatoms. The van der Waals surface area contributed by atoms with Crippen molar-refractivity contribution in [3.05, 3.63) is 93.3 Å². The molecule has 9 nitrogen and oxygen atoms in total. The fourth-order valence-corrected chi connectivity index (χ4v) is 5.33. The van der Waals surface area contributed by atoms with Crippen LogP contribution >= 0.6 is 27.5 Å². The Morgan fingerprint density at radius 3 is 2.46 bits per heavy atom. The maximum Gasteiger partial charge on any atom is 0.341 e. The standard InChI is InChI=1S/C28H24BrClN6O3/c1-4-23-25(28(38)39)26(35(16(2)3)27(37)20-11-8-18(30)14-21(20)29)33-36(23)19-9-6-17(7-10-19)22-15-24-31-12-5-13-34(24)32-22/h5-16H,4H2,1-3H3,(H,38,39). The molecule has 39 heavy (non-hydrogen) atoms. The molecule has 0 saturated carbocycles.